The number of hydrogen-bond donors (Lipinski definition) is 0. The van der Waals surface area contributed by atoms with Crippen LogP contribution in [0.3, 0.4) is 0 Å². The minimum absolute atomic E-state index is 0.0863. The zero-order valence-corrected chi connectivity index (χ0v) is 11.7. The van der Waals surface area contributed by atoms with Gasteiger partial charge in [-0.2, -0.15) is 8.78 Å². The van der Waals surface area contributed by atoms with Crippen molar-refractivity contribution in [1.82, 2.24) is 4.98 Å². The molecule has 6 heteroatoms. The summed E-state index contributed by atoms with van der Waals surface area (Å²) >= 11 is 0. The topological polar surface area (TPSA) is 50.3 Å². The molecule has 112 valence electrons. The van der Waals surface area contributed by atoms with E-state index in [0.29, 0.717) is 0 Å². The monoisotopic (exact) mass is 302 g/mol. The average molecular weight is 302 g/mol. The highest BCUT2D eigenvalue weighted by molar-refractivity contribution is 6.34. The van der Waals surface area contributed by atoms with Crippen LogP contribution >= 0.6 is 0 Å². The summed E-state index contributed by atoms with van der Waals surface area (Å²) in [7, 11) is 0. The average Bonchev–Trinajstić information content (AvgIpc) is 2.79. The second-order valence-electron chi connectivity index (χ2n) is 4.93. The SMILES string of the molecule is CCC(F)(F)c1cccc(N2C(=O)c3ccccc3C2=O)n1. The normalized spacial score (nSPS) is 14.4. The van der Waals surface area contributed by atoms with E-state index in [1.807, 2.05) is 0 Å². The van der Waals surface area contributed by atoms with Gasteiger partial charge in [0.25, 0.3) is 17.7 Å². The molecule has 1 aliphatic rings. The predicted octanol–water partition coefficient (Wildman–Crippen LogP) is 3.38. The van der Waals surface area contributed by atoms with Crippen molar-refractivity contribution >= 4 is 17.6 Å². The molecule has 3 rings (SSSR count). The van der Waals surface area contributed by atoms with Gasteiger partial charge in [-0.05, 0) is 24.3 Å². The molecule has 0 unspecified atom stereocenters. The van der Waals surface area contributed by atoms with E-state index in [-0.39, 0.29) is 16.9 Å². The van der Waals surface area contributed by atoms with E-state index in [1.54, 1.807) is 12.1 Å². The van der Waals surface area contributed by atoms with E-state index in [1.165, 1.54) is 37.3 Å². The van der Waals surface area contributed by atoms with Crippen LogP contribution in [-0.2, 0) is 5.92 Å². The standard InChI is InChI=1S/C16H12F2N2O2/c1-2-16(17,18)12-8-5-9-13(19-12)20-14(21)10-6-3-4-7-11(10)15(20)22/h3-9H,2H2,1H3. The highest BCUT2D eigenvalue weighted by Crippen LogP contribution is 2.32. The molecular formula is C16H12F2N2O2. The van der Waals surface area contributed by atoms with E-state index in [2.05, 4.69) is 4.98 Å². The second kappa shape index (κ2) is 4.98. The number of rotatable bonds is 3. The highest BCUT2D eigenvalue weighted by Gasteiger charge is 2.38. The molecule has 1 aliphatic heterocycles. The maximum atomic E-state index is 13.8. The van der Waals surface area contributed by atoms with Crippen molar-refractivity contribution < 1.29 is 18.4 Å². The van der Waals surface area contributed by atoms with Gasteiger partial charge in [0, 0.05) is 6.42 Å². The lowest BCUT2D eigenvalue weighted by molar-refractivity contribution is -0.0127. The minimum atomic E-state index is -3.10. The number of halogens is 2. The van der Waals surface area contributed by atoms with Crippen molar-refractivity contribution in [2.24, 2.45) is 0 Å². The second-order valence-corrected chi connectivity index (χ2v) is 4.93. The van der Waals surface area contributed by atoms with Crippen LogP contribution in [0.1, 0.15) is 39.8 Å². The smallest absolute Gasteiger partial charge is 0.268 e. The van der Waals surface area contributed by atoms with Gasteiger partial charge in [0.05, 0.1) is 11.1 Å². The minimum Gasteiger partial charge on any atom is -0.268 e. The van der Waals surface area contributed by atoms with Crippen molar-refractivity contribution in [2.45, 2.75) is 19.3 Å². The van der Waals surface area contributed by atoms with E-state index in [4.69, 9.17) is 0 Å². The van der Waals surface area contributed by atoms with E-state index in [0.717, 1.165) is 4.90 Å². The molecular weight excluding hydrogens is 290 g/mol. The summed E-state index contributed by atoms with van der Waals surface area (Å²) in [5.41, 5.74) is 0.0490. The first kappa shape index (κ1) is 14.3. The molecule has 0 radical (unpaired) electrons. The van der Waals surface area contributed by atoms with Crippen LogP contribution in [0.5, 0.6) is 0 Å². The molecule has 1 aromatic carbocycles. The number of benzene rings is 1. The molecule has 0 atom stereocenters. The van der Waals surface area contributed by atoms with E-state index in [9.17, 15) is 18.4 Å². The molecule has 0 aliphatic carbocycles. The fraction of sp³-hybridized carbons (Fsp3) is 0.188. The zero-order chi connectivity index (χ0) is 15.9. The molecule has 1 aromatic heterocycles. The van der Waals surface area contributed by atoms with Gasteiger partial charge >= 0.3 is 0 Å². The third-order valence-electron chi connectivity index (χ3n) is 3.58. The Morgan fingerprint density at radius 1 is 1.00 bits per heavy atom. The number of pyridine rings is 1. The number of fused-ring (bicyclic) bond motifs is 1. The number of imide groups is 1. The predicted molar refractivity (Wildman–Crippen MR) is 76.0 cm³/mol. The summed E-state index contributed by atoms with van der Waals surface area (Å²) in [4.78, 5) is 29.3. The lowest BCUT2D eigenvalue weighted by Gasteiger charge is -2.17. The lowest BCUT2D eigenvalue weighted by atomic mass is 10.1. The molecule has 0 saturated heterocycles. The molecule has 0 fully saturated rings. The molecule has 2 amide bonds. The molecule has 4 nitrogen and oxygen atoms in total. The third kappa shape index (κ3) is 2.07. The number of hydrogen-bond acceptors (Lipinski definition) is 3. The van der Waals surface area contributed by atoms with Crippen LogP contribution < -0.4 is 4.90 Å². The molecule has 0 N–H and O–H groups in total. The van der Waals surface area contributed by atoms with Gasteiger partial charge in [0.1, 0.15) is 11.5 Å². The molecule has 2 aromatic rings. The summed E-state index contributed by atoms with van der Waals surface area (Å²) in [5.74, 6) is -4.29. The van der Waals surface area contributed by atoms with Crippen molar-refractivity contribution in [1.29, 1.82) is 0 Å². The number of carbonyl (C=O) groups excluding carboxylic acids is 2. The van der Waals surface area contributed by atoms with Crippen LogP contribution in [0.2, 0.25) is 0 Å². The summed E-state index contributed by atoms with van der Waals surface area (Å²) in [5, 5.41) is 0. The van der Waals surface area contributed by atoms with Crippen molar-refractivity contribution in [3.63, 3.8) is 0 Å². The zero-order valence-electron chi connectivity index (χ0n) is 11.7. The van der Waals surface area contributed by atoms with Crippen LogP contribution in [0.25, 0.3) is 0 Å². The van der Waals surface area contributed by atoms with Gasteiger partial charge in [-0.3, -0.25) is 9.59 Å². The van der Waals surface area contributed by atoms with Crippen LogP contribution in [0.15, 0.2) is 42.5 Å². The number of amides is 2. The summed E-state index contributed by atoms with van der Waals surface area (Å²) in [6.07, 6.45) is -0.411. The Morgan fingerprint density at radius 2 is 1.59 bits per heavy atom. The number of nitrogens with zero attached hydrogens (tertiary/aromatic N) is 2. The third-order valence-corrected chi connectivity index (χ3v) is 3.58. The van der Waals surface area contributed by atoms with Gasteiger partial charge in [-0.25, -0.2) is 9.88 Å². The van der Waals surface area contributed by atoms with Crippen molar-refractivity contribution in [2.75, 3.05) is 4.90 Å². The van der Waals surface area contributed by atoms with Crippen LogP contribution in [-0.4, -0.2) is 16.8 Å². The van der Waals surface area contributed by atoms with Crippen LogP contribution in [0.4, 0.5) is 14.6 Å². The Kier molecular flexibility index (Phi) is 3.24. The highest BCUT2D eigenvalue weighted by atomic mass is 19.3. The summed E-state index contributed by atoms with van der Waals surface area (Å²) in [6, 6.07) is 10.3. The summed E-state index contributed by atoms with van der Waals surface area (Å²) in [6.45, 7) is 1.34. The Hall–Kier alpha value is -2.63. The number of alkyl halides is 2. The largest absolute Gasteiger partial charge is 0.289 e. The first-order valence-corrected chi connectivity index (χ1v) is 6.79. The van der Waals surface area contributed by atoms with Gasteiger partial charge in [0.2, 0.25) is 0 Å². The maximum absolute atomic E-state index is 13.8. The van der Waals surface area contributed by atoms with Crippen molar-refractivity contribution in [3.05, 3.63) is 59.3 Å². The number of aromatic nitrogens is 1. The Bertz CT molecular complexity index is 739. The molecule has 2 heterocycles. The van der Waals surface area contributed by atoms with Gasteiger partial charge < -0.3 is 0 Å². The lowest BCUT2D eigenvalue weighted by Crippen LogP contribution is -2.31. The van der Waals surface area contributed by atoms with Gasteiger partial charge in [-0.1, -0.05) is 25.1 Å². The molecule has 22 heavy (non-hydrogen) atoms. The Labute approximate surface area is 125 Å². The Balaban J connectivity index is 2.05. The van der Waals surface area contributed by atoms with Gasteiger partial charge in [0.15, 0.2) is 0 Å². The maximum Gasteiger partial charge on any atom is 0.289 e. The molecule has 0 saturated carbocycles. The van der Waals surface area contributed by atoms with Gasteiger partial charge in [-0.15, -0.1) is 0 Å². The quantitative estimate of drug-likeness (QED) is 0.817. The van der Waals surface area contributed by atoms with Crippen LogP contribution in [0, 0.1) is 0 Å². The fourth-order valence-electron chi connectivity index (χ4n) is 2.33. The summed E-state index contributed by atoms with van der Waals surface area (Å²) < 4.78 is 27.5. The number of anilines is 1. The fourth-order valence-corrected chi connectivity index (χ4v) is 2.33. The Morgan fingerprint density at radius 3 is 2.14 bits per heavy atom. The molecule has 0 bridgehead atoms. The van der Waals surface area contributed by atoms with Crippen molar-refractivity contribution in [3.8, 4) is 0 Å². The first-order chi connectivity index (χ1) is 10.5. The molecule has 0 spiro atoms. The van der Waals surface area contributed by atoms with E-state index < -0.39 is 29.9 Å². The first-order valence-electron chi connectivity index (χ1n) is 6.79. The van der Waals surface area contributed by atoms with E-state index >= 15 is 0 Å². The number of carbonyl (C=O) groups is 2.